The predicted molar refractivity (Wildman–Crippen MR) is 93.7 cm³/mol. The number of benzene rings is 2. The molecule has 1 amide bonds. The van der Waals surface area contributed by atoms with Gasteiger partial charge in [-0.1, -0.05) is 18.2 Å². The Bertz CT molecular complexity index is 777. The molecule has 0 aliphatic carbocycles. The van der Waals surface area contributed by atoms with Crippen LogP contribution >= 0.6 is 0 Å². The number of methoxy groups -OCH3 is 2. The van der Waals surface area contributed by atoms with Gasteiger partial charge < -0.3 is 18.9 Å². The molecule has 0 aromatic heterocycles. The van der Waals surface area contributed by atoms with Gasteiger partial charge in [-0.15, -0.1) is 0 Å². The summed E-state index contributed by atoms with van der Waals surface area (Å²) >= 11 is 0. The molecule has 0 radical (unpaired) electrons. The highest BCUT2D eigenvalue weighted by molar-refractivity contribution is 5.84. The van der Waals surface area contributed by atoms with E-state index in [0.717, 1.165) is 0 Å². The molecule has 8 heteroatoms. The molecule has 0 aliphatic heterocycles. The third-order valence-electron chi connectivity index (χ3n) is 3.06. The summed E-state index contributed by atoms with van der Waals surface area (Å²) in [5.74, 6) is 0.718. The Labute approximate surface area is 150 Å². The number of ether oxygens (including phenoxy) is 4. The normalized spacial score (nSPS) is 10.2. The van der Waals surface area contributed by atoms with Crippen molar-refractivity contribution in [2.45, 2.75) is 0 Å². The molecule has 0 unspecified atom stereocenters. The van der Waals surface area contributed by atoms with Crippen molar-refractivity contribution < 1.29 is 28.5 Å². The maximum atomic E-state index is 11.7. The van der Waals surface area contributed by atoms with Gasteiger partial charge in [0.15, 0.2) is 18.1 Å². The summed E-state index contributed by atoms with van der Waals surface area (Å²) in [6.07, 6.45) is 0.570. The number of carbonyl (C=O) groups is 2. The first kappa shape index (κ1) is 18.8. The largest absolute Gasteiger partial charge is 0.513 e. The zero-order chi connectivity index (χ0) is 18.8. The highest BCUT2D eigenvalue weighted by Gasteiger charge is 2.10. The molecule has 0 spiro atoms. The van der Waals surface area contributed by atoms with Gasteiger partial charge in [0, 0.05) is 0 Å². The molecule has 2 aromatic carbocycles. The number of nitrogens with one attached hydrogen (secondary N) is 1. The van der Waals surface area contributed by atoms with Crippen LogP contribution in [0.15, 0.2) is 53.6 Å². The molecule has 2 rings (SSSR count). The third kappa shape index (κ3) is 5.82. The minimum atomic E-state index is -0.851. The number of hydrogen-bond acceptors (Lipinski definition) is 7. The van der Waals surface area contributed by atoms with Crippen LogP contribution in [0.25, 0.3) is 0 Å². The summed E-state index contributed by atoms with van der Waals surface area (Å²) < 4.78 is 19.8. The minimum Gasteiger partial charge on any atom is -0.493 e. The molecular weight excluding hydrogens is 340 g/mol. The lowest BCUT2D eigenvalue weighted by Gasteiger charge is -2.08. The molecule has 1 N–H and O–H groups in total. The average molecular weight is 358 g/mol. The van der Waals surface area contributed by atoms with E-state index < -0.39 is 12.1 Å². The fraction of sp³-hybridized carbons (Fsp3) is 0.167. The molecule has 8 nitrogen and oxygen atoms in total. The van der Waals surface area contributed by atoms with Gasteiger partial charge in [-0.25, -0.2) is 10.2 Å². The molecule has 26 heavy (non-hydrogen) atoms. The van der Waals surface area contributed by atoms with Crippen molar-refractivity contribution in [1.82, 2.24) is 5.43 Å². The van der Waals surface area contributed by atoms with Gasteiger partial charge in [-0.2, -0.15) is 5.10 Å². The number of para-hydroxylation sites is 1. The van der Waals surface area contributed by atoms with Crippen molar-refractivity contribution in [3.8, 4) is 17.2 Å². The Morgan fingerprint density at radius 3 is 2.54 bits per heavy atom. The van der Waals surface area contributed by atoms with Gasteiger partial charge >= 0.3 is 6.16 Å². The van der Waals surface area contributed by atoms with Crippen LogP contribution in [0.2, 0.25) is 0 Å². The molecule has 0 heterocycles. The quantitative estimate of drug-likeness (QED) is 0.353. The molecule has 0 saturated heterocycles. The van der Waals surface area contributed by atoms with Crippen LogP contribution in [0.5, 0.6) is 17.2 Å². The summed E-state index contributed by atoms with van der Waals surface area (Å²) in [4.78, 5) is 22.9. The van der Waals surface area contributed by atoms with Crippen molar-refractivity contribution in [2.75, 3.05) is 20.8 Å². The molecule has 0 aliphatic rings. The highest BCUT2D eigenvalue weighted by Crippen LogP contribution is 2.27. The number of hydrogen-bond donors (Lipinski definition) is 1. The van der Waals surface area contributed by atoms with Crippen molar-refractivity contribution in [2.24, 2.45) is 5.10 Å². The summed E-state index contributed by atoms with van der Waals surface area (Å²) in [7, 11) is 2.64. The second kappa shape index (κ2) is 9.67. The van der Waals surface area contributed by atoms with Gasteiger partial charge in [0.25, 0.3) is 5.91 Å². The Kier molecular flexibility index (Phi) is 6.99. The lowest BCUT2D eigenvalue weighted by Crippen LogP contribution is -2.24. The molecule has 0 bridgehead atoms. The van der Waals surface area contributed by atoms with Gasteiger partial charge in [-0.3, -0.25) is 4.79 Å². The number of nitrogens with zero attached hydrogens (tertiary/aromatic N) is 1. The predicted octanol–water partition coefficient (Wildman–Crippen LogP) is 2.37. The van der Waals surface area contributed by atoms with Crippen LogP contribution in [0, 0.1) is 0 Å². The van der Waals surface area contributed by atoms with Gasteiger partial charge in [0.1, 0.15) is 5.75 Å². The molecule has 136 valence electrons. The van der Waals surface area contributed by atoms with E-state index in [9.17, 15) is 9.59 Å². The van der Waals surface area contributed by atoms with Crippen LogP contribution in [0.4, 0.5) is 4.79 Å². The van der Waals surface area contributed by atoms with Crippen molar-refractivity contribution in [3.05, 3.63) is 54.1 Å². The van der Waals surface area contributed by atoms with Crippen LogP contribution < -0.4 is 19.6 Å². The van der Waals surface area contributed by atoms with Crippen LogP contribution in [-0.4, -0.2) is 39.1 Å². The summed E-state index contributed by atoms with van der Waals surface area (Å²) in [6, 6.07) is 13.7. The van der Waals surface area contributed by atoms with E-state index in [1.165, 1.54) is 26.5 Å². The van der Waals surface area contributed by atoms with E-state index in [2.05, 4.69) is 15.3 Å². The van der Waals surface area contributed by atoms with E-state index in [-0.39, 0.29) is 12.4 Å². The highest BCUT2D eigenvalue weighted by atomic mass is 16.7. The molecule has 2 aromatic rings. The number of amides is 1. The first-order chi connectivity index (χ1) is 12.6. The monoisotopic (exact) mass is 358 g/mol. The Balaban J connectivity index is 1.89. The minimum absolute atomic E-state index is 0.156. The van der Waals surface area contributed by atoms with Crippen LogP contribution in [0.1, 0.15) is 5.56 Å². The molecule has 0 fully saturated rings. The zero-order valence-corrected chi connectivity index (χ0v) is 14.3. The van der Waals surface area contributed by atoms with Gasteiger partial charge in [-0.05, 0) is 35.9 Å². The fourth-order valence-electron chi connectivity index (χ4n) is 1.86. The maximum absolute atomic E-state index is 11.7. The topological polar surface area (TPSA) is 95.5 Å². The fourth-order valence-corrected chi connectivity index (χ4v) is 1.86. The van der Waals surface area contributed by atoms with E-state index in [4.69, 9.17) is 14.2 Å². The number of carbonyl (C=O) groups excluding carboxylic acids is 2. The second-order valence-corrected chi connectivity index (χ2v) is 4.86. The molecule has 0 atom stereocenters. The molecule has 0 saturated carbocycles. The van der Waals surface area contributed by atoms with Gasteiger partial charge in [0.2, 0.25) is 0 Å². The first-order valence-electron chi connectivity index (χ1n) is 7.56. The number of rotatable bonds is 7. The van der Waals surface area contributed by atoms with Crippen LogP contribution in [-0.2, 0) is 9.53 Å². The smallest absolute Gasteiger partial charge is 0.493 e. The van der Waals surface area contributed by atoms with E-state index >= 15 is 0 Å². The Hall–Kier alpha value is -3.55. The Morgan fingerprint density at radius 1 is 1.08 bits per heavy atom. The SMILES string of the molecule is COC(=O)Oc1ccc(/C=N\NC(=O)COc2ccccc2)cc1OC. The van der Waals surface area contributed by atoms with E-state index in [0.29, 0.717) is 17.1 Å². The lowest BCUT2D eigenvalue weighted by atomic mass is 10.2. The van der Waals surface area contributed by atoms with Crippen molar-refractivity contribution in [1.29, 1.82) is 0 Å². The summed E-state index contributed by atoms with van der Waals surface area (Å²) in [6.45, 7) is -0.156. The lowest BCUT2D eigenvalue weighted by molar-refractivity contribution is -0.123. The first-order valence-corrected chi connectivity index (χ1v) is 7.56. The summed E-state index contributed by atoms with van der Waals surface area (Å²) in [5, 5.41) is 3.84. The van der Waals surface area contributed by atoms with E-state index in [1.807, 2.05) is 18.2 Å². The summed E-state index contributed by atoms with van der Waals surface area (Å²) in [5.41, 5.74) is 2.98. The maximum Gasteiger partial charge on any atom is 0.513 e. The molecular formula is C18H18N2O6. The Morgan fingerprint density at radius 2 is 1.85 bits per heavy atom. The average Bonchev–Trinajstić information content (AvgIpc) is 2.68. The third-order valence-corrected chi connectivity index (χ3v) is 3.06. The number of hydrazone groups is 1. The second-order valence-electron chi connectivity index (χ2n) is 4.86. The van der Waals surface area contributed by atoms with Crippen molar-refractivity contribution in [3.63, 3.8) is 0 Å². The van der Waals surface area contributed by atoms with Crippen molar-refractivity contribution >= 4 is 18.3 Å². The van der Waals surface area contributed by atoms with Crippen LogP contribution in [0.3, 0.4) is 0 Å². The standard InChI is InChI=1S/C18H18N2O6/c1-23-16-10-13(8-9-15(16)26-18(22)24-2)11-19-20-17(21)12-25-14-6-4-3-5-7-14/h3-11H,12H2,1-2H3,(H,20,21)/b19-11-. The zero-order valence-electron chi connectivity index (χ0n) is 14.3. The van der Waals surface area contributed by atoms with E-state index in [1.54, 1.807) is 24.3 Å². The van der Waals surface area contributed by atoms with Gasteiger partial charge in [0.05, 0.1) is 20.4 Å².